The van der Waals surface area contributed by atoms with E-state index in [0.29, 0.717) is 10.0 Å². The van der Waals surface area contributed by atoms with Gasteiger partial charge in [-0.3, -0.25) is 0 Å². The summed E-state index contributed by atoms with van der Waals surface area (Å²) in [6, 6.07) is 7.84. The van der Waals surface area contributed by atoms with Gasteiger partial charge in [-0.25, -0.2) is 0 Å². The summed E-state index contributed by atoms with van der Waals surface area (Å²) in [7, 11) is 0. The third kappa shape index (κ3) is 2.36. The van der Waals surface area contributed by atoms with Gasteiger partial charge in [0.25, 0.3) is 0 Å². The number of hydrogen-bond donors (Lipinski definition) is 1. The second-order valence-corrected chi connectivity index (χ2v) is 5.42. The van der Waals surface area contributed by atoms with E-state index in [2.05, 4.69) is 5.32 Å². The van der Waals surface area contributed by atoms with E-state index in [9.17, 15) is 0 Å². The summed E-state index contributed by atoms with van der Waals surface area (Å²) in [5.74, 6) is 1.09. The maximum atomic E-state index is 6.00. The van der Waals surface area contributed by atoms with Crippen LogP contribution < -0.4 is 5.32 Å². The lowest BCUT2D eigenvalue weighted by Crippen LogP contribution is -2.15. The Bertz CT molecular complexity index is 544. The van der Waals surface area contributed by atoms with Crippen LogP contribution in [-0.2, 0) is 6.42 Å². The van der Waals surface area contributed by atoms with Crippen molar-refractivity contribution in [3.63, 3.8) is 0 Å². The monoisotopic (exact) mass is 281 g/mol. The smallest absolute Gasteiger partial charge is 0.109 e. The molecule has 1 aromatic heterocycles. The molecule has 1 aliphatic carbocycles. The molecule has 1 heterocycles. The molecular weight excluding hydrogens is 269 g/mol. The van der Waals surface area contributed by atoms with Crippen molar-refractivity contribution in [2.24, 2.45) is 0 Å². The molecule has 2 aromatic rings. The number of anilines is 1. The second-order valence-electron chi connectivity index (χ2n) is 4.55. The molecular formula is C14H13Cl2NO. The summed E-state index contributed by atoms with van der Waals surface area (Å²) in [6.45, 7) is 0. The van der Waals surface area contributed by atoms with E-state index in [1.165, 1.54) is 5.56 Å². The fourth-order valence-electron chi connectivity index (χ4n) is 2.47. The SMILES string of the molecule is Clc1cc(Cl)cc(NC2CCCc3occc32)c1. The summed E-state index contributed by atoms with van der Waals surface area (Å²) >= 11 is 12.0. The van der Waals surface area contributed by atoms with Gasteiger partial charge in [-0.1, -0.05) is 23.2 Å². The first-order valence-electron chi connectivity index (χ1n) is 6.01. The lowest BCUT2D eigenvalue weighted by atomic mass is 9.93. The predicted molar refractivity (Wildman–Crippen MR) is 74.5 cm³/mol. The Morgan fingerprint density at radius 1 is 1.17 bits per heavy atom. The molecule has 0 fully saturated rings. The average Bonchev–Trinajstić information content (AvgIpc) is 2.76. The van der Waals surface area contributed by atoms with Crippen molar-refractivity contribution < 1.29 is 4.42 Å². The molecule has 0 bridgehead atoms. The Labute approximate surface area is 116 Å². The van der Waals surface area contributed by atoms with E-state index in [1.54, 1.807) is 12.3 Å². The molecule has 18 heavy (non-hydrogen) atoms. The minimum absolute atomic E-state index is 0.280. The minimum atomic E-state index is 0.280. The summed E-state index contributed by atoms with van der Waals surface area (Å²) in [5, 5.41) is 4.77. The van der Waals surface area contributed by atoms with Gasteiger partial charge in [-0.2, -0.15) is 0 Å². The predicted octanol–water partition coefficient (Wildman–Crippen LogP) is 5.08. The van der Waals surface area contributed by atoms with Gasteiger partial charge < -0.3 is 9.73 Å². The van der Waals surface area contributed by atoms with Crippen LogP contribution in [0.3, 0.4) is 0 Å². The van der Waals surface area contributed by atoms with Crippen molar-refractivity contribution in [2.45, 2.75) is 25.3 Å². The van der Waals surface area contributed by atoms with Crippen molar-refractivity contribution in [2.75, 3.05) is 5.32 Å². The van der Waals surface area contributed by atoms with Crippen LogP contribution in [0, 0.1) is 0 Å². The molecule has 4 heteroatoms. The Balaban J connectivity index is 1.86. The van der Waals surface area contributed by atoms with Gasteiger partial charge in [-0.05, 0) is 37.1 Å². The number of aryl methyl sites for hydroxylation is 1. The van der Waals surface area contributed by atoms with Crippen LogP contribution in [0.1, 0.15) is 30.2 Å². The van der Waals surface area contributed by atoms with E-state index >= 15 is 0 Å². The highest BCUT2D eigenvalue weighted by atomic mass is 35.5. The number of nitrogens with one attached hydrogen (secondary N) is 1. The molecule has 0 radical (unpaired) electrons. The second kappa shape index (κ2) is 4.87. The van der Waals surface area contributed by atoms with E-state index in [1.807, 2.05) is 18.2 Å². The van der Waals surface area contributed by atoms with E-state index in [-0.39, 0.29) is 6.04 Å². The van der Waals surface area contributed by atoms with Gasteiger partial charge in [0.1, 0.15) is 5.76 Å². The van der Waals surface area contributed by atoms with Crippen LogP contribution in [0.2, 0.25) is 10.0 Å². The molecule has 1 unspecified atom stereocenters. The Morgan fingerprint density at radius 3 is 2.72 bits per heavy atom. The zero-order chi connectivity index (χ0) is 12.5. The molecule has 0 amide bonds. The molecule has 3 rings (SSSR count). The minimum Gasteiger partial charge on any atom is -0.469 e. The molecule has 94 valence electrons. The fourth-order valence-corrected chi connectivity index (χ4v) is 3.00. The number of fused-ring (bicyclic) bond motifs is 1. The van der Waals surface area contributed by atoms with E-state index < -0.39 is 0 Å². The van der Waals surface area contributed by atoms with Crippen LogP contribution in [0.15, 0.2) is 34.9 Å². The summed E-state index contributed by atoms with van der Waals surface area (Å²) in [4.78, 5) is 0. The number of hydrogen-bond acceptors (Lipinski definition) is 2. The van der Waals surface area contributed by atoms with Crippen molar-refractivity contribution in [3.8, 4) is 0 Å². The van der Waals surface area contributed by atoms with Gasteiger partial charge in [0.2, 0.25) is 0 Å². The molecule has 0 saturated heterocycles. The zero-order valence-corrected chi connectivity index (χ0v) is 11.3. The Hall–Kier alpha value is -1.12. The molecule has 0 saturated carbocycles. The van der Waals surface area contributed by atoms with Gasteiger partial charge in [0, 0.05) is 27.7 Å². The molecule has 1 atom stereocenters. The first-order valence-corrected chi connectivity index (χ1v) is 6.77. The summed E-state index contributed by atoms with van der Waals surface area (Å²) in [5.41, 5.74) is 2.20. The summed E-state index contributed by atoms with van der Waals surface area (Å²) < 4.78 is 5.48. The largest absolute Gasteiger partial charge is 0.469 e. The molecule has 0 spiro atoms. The van der Waals surface area contributed by atoms with Crippen LogP contribution >= 0.6 is 23.2 Å². The quantitative estimate of drug-likeness (QED) is 0.831. The lowest BCUT2D eigenvalue weighted by Gasteiger charge is -2.24. The third-order valence-corrected chi connectivity index (χ3v) is 3.69. The van der Waals surface area contributed by atoms with E-state index in [4.69, 9.17) is 27.6 Å². The average molecular weight is 282 g/mol. The van der Waals surface area contributed by atoms with E-state index in [0.717, 1.165) is 30.7 Å². The van der Waals surface area contributed by atoms with Crippen molar-refractivity contribution in [1.29, 1.82) is 0 Å². The van der Waals surface area contributed by atoms with Gasteiger partial charge in [0.05, 0.1) is 12.3 Å². The Kier molecular flexibility index (Phi) is 3.23. The van der Waals surface area contributed by atoms with Crippen molar-refractivity contribution in [1.82, 2.24) is 0 Å². The molecule has 1 aromatic carbocycles. The highest BCUT2D eigenvalue weighted by molar-refractivity contribution is 6.35. The number of rotatable bonds is 2. The first kappa shape index (κ1) is 11.9. The molecule has 1 N–H and O–H groups in total. The molecule has 1 aliphatic rings. The van der Waals surface area contributed by atoms with Crippen LogP contribution in [0.5, 0.6) is 0 Å². The highest BCUT2D eigenvalue weighted by Crippen LogP contribution is 2.34. The number of halogens is 2. The maximum Gasteiger partial charge on any atom is 0.109 e. The Morgan fingerprint density at radius 2 is 1.94 bits per heavy atom. The topological polar surface area (TPSA) is 25.2 Å². The fraction of sp³-hybridized carbons (Fsp3) is 0.286. The summed E-state index contributed by atoms with van der Waals surface area (Å²) in [6.07, 6.45) is 5.01. The maximum absolute atomic E-state index is 6.00. The zero-order valence-electron chi connectivity index (χ0n) is 9.75. The standard InChI is InChI=1S/C14H13Cl2NO/c15-9-6-10(16)8-11(7-9)17-13-2-1-3-14-12(13)4-5-18-14/h4-8,13,17H,1-3H2. The van der Waals surface area contributed by atoms with Crippen LogP contribution in [0.25, 0.3) is 0 Å². The van der Waals surface area contributed by atoms with Crippen LogP contribution in [-0.4, -0.2) is 0 Å². The van der Waals surface area contributed by atoms with Crippen LogP contribution in [0.4, 0.5) is 5.69 Å². The normalized spacial score (nSPS) is 18.4. The number of benzene rings is 1. The van der Waals surface area contributed by atoms with Gasteiger partial charge >= 0.3 is 0 Å². The highest BCUT2D eigenvalue weighted by Gasteiger charge is 2.22. The van der Waals surface area contributed by atoms with Gasteiger partial charge in [-0.15, -0.1) is 0 Å². The first-order chi connectivity index (χ1) is 8.72. The third-order valence-electron chi connectivity index (χ3n) is 3.26. The van der Waals surface area contributed by atoms with Crippen molar-refractivity contribution in [3.05, 3.63) is 51.9 Å². The van der Waals surface area contributed by atoms with Gasteiger partial charge in [0.15, 0.2) is 0 Å². The molecule has 0 aliphatic heterocycles. The lowest BCUT2D eigenvalue weighted by molar-refractivity contribution is 0.461. The molecule has 2 nitrogen and oxygen atoms in total. The number of furan rings is 1. The van der Waals surface area contributed by atoms with Crippen molar-refractivity contribution >= 4 is 28.9 Å².